The van der Waals surface area contributed by atoms with Gasteiger partial charge in [0.15, 0.2) is 11.5 Å². The molecule has 0 aliphatic carbocycles. The first-order chi connectivity index (χ1) is 11.5. The van der Waals surface area contributed by atoms with Crippen LogP contribution >= 0.6 is 0 Å². The number of carbonyl (C=O) groups is 2. The Hall–Kier alpha value is -3.08. The van der Waals surface area contributed by atoms with Gasteiger partial charge in [0, 0.05) is 22.2 Å². The van der Waals surface area contributed by atoms with Crippen molar-refractivity contribution in [1.29, 1.82) is 0 Å². The zero-order chi connectivity index (χ0) is 17.3. The highest BCUT2D eigenvalue weighted by molar-refractivity contribution is 6.06. The number of hydrogen-bond donors (Lipinski definition) is 1. The molecule has 5 heteroatoms. The maximum atomic E-state index is 12.5. The van der Waals surface area contributed by atoms with Crippen molar-refractivity contribution in [2.45, 2.75) is 13.8 Å². The summed E-state index contributed by atoms with van der Waals surface area (Å²) in [5.74, 6) is 0.611. The zero-order valence-corrected chi connectivity index (χ0v) is 13.7. The van der Waals surface area contributed by atoms with Crippen LogP contribution in [0.2, 0.25) is 0 Å². The van der Waals surface area contributed by atoms with Gasteiger partial charge >= 0.3 is 0 Å². The van der Waals surface area contributed by atoms with Gasteiger partial charge in [-0.1, -0.05) is 0 Å². The number of ether oxygens (including phenoxy) is 1. The summed E-state index contributed by atoms with van der Waals surface area (Å²) in [6.45, 7) is 3.33. The SMILES string of the molecule is COc1ccc2oc(C(=O)Nc3ccc(C(C)=O)cc3)c(C)c2c1. The highest BCUT2D eigenvalue weighted by Crippen LogP contribution is 2.29. The molecular formula is C19H17NO4. The molecule has 24 heavy (non-hydrogen) atoms. The van der Waals surface area contributed by atoms with Crippen LogP contribution in [0, 0.1) is 6.92 Å². The monoisotopic (exact) mass is 323 g/mol. The van der Waals surface area contributed by atoms with Crippen molar-refractivity contribution in [2.75, 3.05) is 12.4 Å². The Bertz CT molecular complexity index is 922. The predicted molar refractivity (Wildman–Crippen MR) is 91.9 cm³/mol. The minimum atomic E-state index is -0.335. The van der Waals surface area contributed by atoms with E-state index >= 15 is 0 Å². The van der Waals surface area contributed by atoms with Crippen LogP contribution in [0.25, 0.3) is 11.0 Å². The molecule has 0 fully saturated rings. The molecule has 1 aromatic heterocycles. The minimum absolute atomic E-state index is 0.0186. The molecule has 122 valence electrons. The van der Waals surface area contributed by atoms with Gasteiger partial charge < -0.3 is 14.5 Å². The Balaban J connectivity index is 1.88. The number of Topliss-reactive ketones (excluding diaryl/α,β-unsaturated/α-hetero) is 1. The molecule has 3 rings (SSSR count). The molecule has 0 unspecified atom stereocenters. The maximum Gasteiger partial charge on any atom is 0.291 e. The molecule has 5 nitrogen and oxygen atoms in total. The second-order valence-corrected chi connectivity index (χ2v) is 5.51. The van der Waals surface area contributed by atoms with E-state index in [1.54, 1.807) is 43.5 Å². The van der Waals surface area contributed by atoms with Crippen molar-refractivity contribution < 1.29 is 18.7 Å². The number of aryl methyl sites for hydroxylation is 1. The third-order valence-electron chi connectivity index (χ3n) is 3.90. The second kappa shape index (κ2) is 6.20. The molecule has 0 aliphatic heterocycles. The minimum Gasteiger partial charge on any atom is -0.497 e. The largest absolute Gasteiger partial charge is 0.497 e. The third-order valence-corrected chi connectivity index (χ3v) is 3.90. The smallest absolute Gasteiger partial charge is 0.291 e. The average molecular weight is 323 g/mol. The molecule has 1 N–H and O–H groups in total. The standard InChI is InChI=1S/C19H17NO4/c1-11-16-10-15(23-3)8-9-17(16)24-18(11)19(22)20-14-6-4-13(5-7-14)12(2)21/h4-10H,1-3H3,(H,20,22). The number of fused-ring (bicyclic) bond motifs is 1. The van der Waals surface area contributed by atoms with E-state index in [-0.39, 0.29) is 17.5 Å². The number of rotatable bonds is 4. The molecule has 0 saturated carbocycles. The number of nitrogens with one attached hydrogen (secondary N) is 1. The maximum absolute atomic E-state index is 12.5. The number of ketones is 1. The van der Waals surface area contributed by atoms with Gasteiger partial charge in [-0.05, 0) is 56.3 Å². The van der Waals surface area contributed by atoms with Gasteiger partial charge in [0.1, 0.15) is 11.3 Å². The van der Waals surface area contributed by atoms with Crippen molar-refractivity contribution >= 4 is 28.3 Å². The van der Waals surface area contributed by atoms with Crippen LogP contribution < -0.4 is 10.1 Å². The van der Waals surface area contributed by atoms with Gasteiger partial charge in [-0.25, -0.2) is 0 Å². The summed E-state index contributed by atoms with van der Waals surface area (Å²) in [5, 5.41) is 3.62. The normalized spacial score (nSPS) is 10.6. The highest BCUT2D eigenvalue weighted by atomic mass is 16.5. The number of benzene rings is 2. The van der Waals surface area contributed by atoms with Crippen LogP contribution in [0.15, 0.2) is 46.9 Å². The van der Waals surface area contributed by atoms with Gasteiger partial charge in [-0.15, -0.1) is 0 Å². The van der Waals surface area contributed by atoms with Gasteiger partial charge in [-0.2, -0.15) is 0 Å². The summed E-state index contributed by atoms with van der Waals surface area (Å²) >= 11 is 0. The molecule has 1 amide bonds. The van der Waals surface area contributed by atoms with Gasteiger partial charge in [0.05, 0.1) is 7.11 Å². The van der Waals surface area contributed by atoms with E-state index in [2.05, 4.69) is 5.32 Å². The fraction of sp³-hybridized carbons (Fsp3) is 0.158. The Kier molecular flexibility index (Phi) is 4.08. The number of carbonyl (C=O) groups excluding carboxylic acids is 2. The van der Waals surface area contributed by atoms with Crippen LogP contribution in [0.3, 0.4) is 0 Å². The average Bonchev–Trinajstić information content (AvgIpc) is 2.91. The highest BCUT2D eigenvalue weighted by Gasteiger charge is 2.18. The van der Waals surface area contributed by atoms with Crippen LogP contribution in [0.4, 0.5) is 5.69 Å². The van der Waals surface area contributed by atoms with Crippen molar-refractivity contribution in [1.82, 2.24) is 0 Å². The van der Waals surface area contributed by atoms with Crippen LogP contribution in [-0.4, -0.2) is 18.8 Å². The molecule has 0 bridgehead atoms. The predicted octanol–water partition coefficient (Wildman–Crippen LogP) is 4.20. The fourth-order valence-corrected chi connectivity index (χ4v) is 2.52. The zero-order valence-electron chi connectivity index (χ0n) is 13.7. The first-order valence-electron chi connectivity index (χ1n) is 7.49. The van der Waals surface area contributed by atoms with Gasteiger partial charge in [-0.3, -0.25) is 9.59 Å². The first-order valence-corrected chi connectivity index (χ1v) is 7.49. The molecule has 0 saturated heterocycles. The molecule has 3 aromatic rings. The van der Waals surface area contributed by atoms with Gasteiger partial charge in [0.2, 0.25) is 0 Å². The second-order valence-electron chi connectivity index (χ2n) is 5.51. The summed E-state index contributed by atoms with van der Waals surface area (Å²) in [7, 11) is 1.59. The van der Waals surface area contributed by atoms with E-state index in [0.29, 0.717) is 22.6 Å². The Morgan fingerprint density at radius 3 is 2.42 bits per heavy atom. The molecular weight excluding hydrogens is 306 g/mol. The Morgan fingerprint density at radius 1 is 1.08 bits per heavy atom. The summed E-state index contributed by atoms with van der Waals surface area (Å²) in [4.78, 5) is 23.8. The molecule has 0 atom stereocenters. The third kappa shape index (κ3) is 2.88. The number of methoxy groups -OCH3 is 1. The van der Waals surface area contributed by atoms with Gasteiger partial charge in [0.25, 0.3) is 5.91 Å². The van der Waals surface area contributed by atoms with Crippen LogP contribution in [0.5, 0.6) is 5.75 Å². The summed E-state index contributed by atoms with van der Waals surface area (Å²) in [5.41, 5.74) is 2.58. The van der Waals surface area contributed by atoms with E-state index in [1.165, 1.54) is 6.92 Å². The van der Waals surface area contributed by atoms with E-state index in [1.807, 2.05) is 13.0 Å². The summed E-state index contributed by atoms with van der Waals surface area (Å²) in [6, 6.07) is 12.1. The number of anilines is 1. The van der Waals surface area contributed by atoms with E-state index < -0.39 is 0 Å². The number of furan rings is 1. The molecule has 1 heterocycles. The van der Waals surface area contributed by atoms with Crippen LogP contribution in [-0.2, 0) is 0 Å². The Morgan fingerprint density at radius 2 is 1.79 bits per heavy atom. The lowest BCUT2D eigenvalue weighted by atomic mass is 10.1. The molecule has 0 aliphatic rings. The van der Waals surface area contributed by atoms with Crippen molar-refractivity contribution in [3.8, 4) is 5.75 Å². The topological polar surface area (TPSA) is 68.5 Å². The van der Waals surface area contributed by atoms with Crippen molar-refractivity contribution in [3.05, 3.63) is 59.4 Å². The van der Waals surface area contributed by atoms with E-state index in [4.69, 9.17) is 9.15 Å². The number of amides is 1. The van der Waals surface area contributed by atoms with Crippen molar-refractivity contribution in [2.24, 2.45) is 0 Å². The van der Waals surface area contributed by atoms with Crippen LogP contribution in [0.1, 0.15) is 33.4 Å². The Labute approximate surface area is 139 Å². The van der Waals surface area contributed by atoms with Crippen molar-refractivity contribution in [3.63, 3.8) is 0 Å². The lowest BCUT2D eigenvalue weighted by Crippen LogP contribution is -2.12. The molecule has 0 spiro atoms. The first kappa shape index (κ1) is 15.8. The lowest BCUT2D eigenvalue weighted by Gasteiger charge is -2.04. The molecule has 0 radical (unpaired) electrons. The van der Waals surface area contributed by atoms with E-state index in [9.17, 15) is 9.59 Å². The fourth-order valence-electron chi connectivity index (χ4n) is 2.52. The molecule has 2 aromatic carbocycles. The summed E-state index contributed by atoms with van der Waals surface area (Å²) < 4.78 is 10.9. The number of hydrogen-bond acceptors (Lipinski definition) is 4. The lowest BCUT2D eigenvalue weighted by molar-refractivity contribution is 0.0995. The summed E-state index contributed by atoms with van der Waals surface area (Å²) in [6.07, 6.45) is 0. The quantitative estimate of drug-likeness (QED) is 0.730. The van der Waals surface area contributed by atoms with E-state index in [0.717, 1.165) is 10.9 Å².